The van der Waals surface area contributed by atoms with Gasteiger partial charge in [-0.3, -0.25) is 0 Å². The van der Waals surface area contributed by atoms with E-state index in [2.05, 4.69) is 0 Å². The fourth-order valence-electron chi connectivity index (χ4n) is 1.21. The third-order valence-corrected chi connectivity index (χ3v) is 2.60. The second kappa shape index (κ2) is 3.65. The molecule has 0 radical (unpaired) electrons. The maximum absolute atomic E-state index is 13.3. The quantitative estimate of drug-likeness (QED) is 0.778. The van der Waals surface area contributed by atoms with Crippen molar-refractivity contribution in [3.63, 3.8) is 0 Å². The van der Waals surface area contributed by atoms with E-state index in [4.69, 9.17) is 0 Å². The highest BCUT2D eigenvalue weighted by Gasteiger charge is 2.30. The zero-order valence-electron chi connectivity index (χ0n) is 8.51. The SMILES string of the molecule is CC(C)C(C)(O)c1ccc(F)cc1F. The molecule has 1 nitrogen and oxygen atoms in total. The Kier molecular flexibility index (Phi) is 2.90. The summed E-state index contributed by atoms with van der Waals surface area (Å²) < 4.78 is 25.9. The molecule has 0 spiro atoms. The molecule has 1 aromatic rings. The lowest BCUT2D eigenvalue weighted by Gasteiger charge is -2.28. The molecule has 1 rings (SSSR count). The van der Waals surface area contributed by atoms with Crippen LogP contribution in [0.3, 0.4) is 0 Å². The van der Waals surface area contributed by atoms with Crippen LogP contribution in [0, 0.1) is 17.6 Å². The van der Waals surface area contributed by atoms with E-state index in [9.17, 15) is 13.9 Å². The molecule has 0 aliphatic rings. The zero-order chi connectivity index (χ0) is 10.9. The molecule has 14 heavy (non-hydrogen) atoms. The summed E-state index contributed by atoms with van der Waals surface area (Å²) in [5.41, 5.74) is -1.13. The van der Waals surface area contributed by atoms with Gasteiger partial charge in [-0.05, 0) is 18.9 Å². The summed E-state index contributed by atoms with van der Waals surface area (Å²) in [7, 11) is 0. The summed E-state index contributed by atoms with van der Waals surface area (Å²) in [6.45, 7) is 5.08. The van der Waals surface area contributed by atoms with Gasteiger partial charge in [0.2, 0.25) is 0 Å². The molecular weight excluding hydrogens is 186 g/mol. The van der Waals surface area contributed by atoms with Crippen molar-refractivity contribution >= 4 is 0 Å². The monoisotopic (exact) mass is 200 g/mol. The molecule has 0 saturated heterocycles. The highest BCUT2D eigenvalue weighted by molar-refractivity contribution is 5.24. The average molecular weight is 200 g/mol. The normalized spacial score (nSPS) is 15.6. The summed E-state index contributed by atoms with van der Waals surface area (Å²) in [6.07, 6.45) is 0. The number of halogens is 2. The number of hydrogen-bond donors (Lipinski definition) is 1. The Bertz CT molecular complexity index is 332. The number of rotatable bonds is 2. The van der Waals surface area contributed by atoms with Crippen LogP contribution >= 0.6 is 0 Å². The molecule has 0 amide bonds. The van der Waals surface area contributed by atoms with E-state index < -0.39 is 17.2 Å². The van der Waals surface area contributed by atoms with E-state index in [0.29, 0.717) is 0 Å². The lowest BCUT2D eigenvalue weighted by Crippen LogP contribution is -2.29. The average Bonchev–Trinajstić information content (AvgIpc) is 2.02. The van der Waals surface area contributed by atoms with Crippen molar-refractivity contribution in [1.29, 1.82) is 0 Å². The number of benzene rings is 1. The smallest absolute Gasteiger partial charge is 0.132 e. The topological polar surface area (TPSA) is 20.2 Å². The van der Waals surface area contributed by atoms with Crippen molar-refractivity contribution in [2.24, 2.45) is 5.92 Å². The van der Waals surface area contributed by atoms with Crippen molar-refractivity contribution in [2.75, 3.05) is 0 Å². The lowest BCUT2D eigenvalue weighted by molar-refractivity contribution is 0.00568. The summed E-state index contributed by atoms with van der Waals surface area (Å²) >= 11 is 0. The van der Waals surface area contributed by atoms with Crippen molar-refractivity contribution in [1.82, 2.24) is 0 Å². The maximum atomic E-state index is 13.3. The first-order valence-corrected chi connectivity index (χ1v) is 4.53. The highest BCUT2D eigenvalue weighted by atomic mass is 19.1. The minimum atomic E-state index is -1.27. The van der Waals surface area contributed by atoms with Crippen LogP contribution in [-0.4, -0.2) is 5.11 Å². The summed E-state index contributed by atoms with van der Waals surface area (Å²) in [4.78, 5) is 0. The first-order chi connectivity index (χ1) is 6.35. The van der Waals surface area contributed by atoms with Crippen LogP contribution in [0.15, 0.2) is 18.2 Å². The summed E-state index contributed by atoms with van der Waals surface area (Å²) in [6, 6.07) is 3.21. The molecule has 0 aliphatic heterocycles. The Morgan fingerprint density at radius 2 is 1.86 bits per heavy atom. The molecular formula is C11H14F2O. The van der Waals surface area contributed by atoms with Crippen molar-refractivity contribution in [2.45, 2.75) is 26.4 Å². The van der Waals surface area contributed by atoms with Crippen LogP contribution in [0.25, 0.3) is 0 Å². The summed E-state index contributed by atoms with van der Waals surface area (Å²) in [5.74, 6) is -1.48. The Hall–Kier alpha value is -0.960. The van der Waals surface area contributed by atoms with Gasteiger partial charge < -0.3 is 5.11 Å². The Balaban J connectivity index is 3.19. The minimum Gasteiger partial charge on any atom is -0.385 e. The van der Waals surface area contributed by atoms with Gasteiger partial charge in [-0.25, -0.2) is 8.78 Å². The first-order valence-electron chi connectivity index (χ1n) is 4.53. The van der Waals surface area contributed by atoms with Crippen LogP contribution < -0.4 is 0 Å². The molecule has 1 aromatic carbocycles. The molecule has 0 heterocycles. The Morgan fingerprint density at radius 3 is 2.29 bits per heavy atom. The lowest BCUT2D eigenvalue weighted by atomic mass is 9.85. The van der Waals surface area contributed by atoms with Crippen LogP contribution in [0.2, 0.25) is 0 Å². The van der Waals surface area contributed by atoms with Gasteiger partial charge in [0.05, 0.1) is 5.60 Å². The van der Waals surface area contributed by atoms with Gasteiger partial charge in [-0.15, -0.1) is 0 Å². The van der Waals surface area contributed by atoms with E-state index in [1.54, 1.807) is 13.8 Å². The van der Waals surface area contributed by atoms with Gasteiger partial charge in [-0.1, -0.05) is 19.9 Å². The third kappa shape index (κ3) is 1.93. The fraction of sp³-hybridized carbons (Fsp3) is 0.455. The Labute approximate surface area is 82.4 Å². The summed E-state index contributed by atoms with van der Waals surface area (Å²) in [5, 5.41) is 9.97. The predicted molar refractivity (Wildman–Crippen MR) is 50.8 cm³/mol. The number of aliphatic hydroxyl groups is 1. The van der Waals surface area contributed by atoms with E-state index in [1.165, 1.54) is 13.0 Å². The molecule has 1 unspecified atom stereocenters. The van der Waals surface area contributed by atoms with Gasteiger partial charge in [0.25, 0.3) is 0 Å². The van der Waals surface area contributed by atoms with E-state index >= 15 is 0 Å². The fourth-order valence-corrected chi connectivity index (χ4v) is 1.21. The van der Waals surface area contributed by atoms with Crippen LogP contribution in [0.5, 0.6) is 0 Å². The van der Waals surface area contributed by atoms with Gasteiger partial charge >= 0.3 is 0 Å². The molecule has 0 saturated carbocycles. The second-order valence-electron chi connectivity index (χ2n) is 3.93. The van der Waals surface area contributed by atoms with Gasteiger partial charge in [0, 0.05) is 11.6 Å². The molecule has 0 fully saturated rings. The molecule has 0 aromatic heterocycles. The molecule has 1 atom stereocenters. The largest absolute Gasteiger partial charge is 0.385 e. The van der Waals surface area contributed by atoms with Crippen LogP contribution in [0.1, 0.15) is 26.3 Å². The third-order valence-electron chi connectivity index (χ3n) is 2.60. The van der Waals surface area contributed by atoms with E-state index in [1.807, 2.05) is 0 Å². The van der Waals surface area contributed by atoms with Gasteiger partial charge in [0.15, 0.2) is 0 Å². The highest BCUT2D eigenvalue weighted by Crippen LogP contribution is 2.30. The van der Waals surface area contributed by atoms with Gasteiger partial charge in [-0.2, -0.15) is 0 Å². The van der Waals surface area contributed by atoms with E-state index in [-0.39, 0.29) is 11.5 Å². The maximum Gasteiger partial charge on any atom is 0.132 e. The van der Waals surface area contributed by atoms with Crippen LogP contribution in [-0.2, 0) is 5.60 Å². The second-order valence-corrected chi connectivity index (χ2v) is 3.93. The molecule has 3 heteroatoms. The number of hydrogen-bond acceptors (Lipinski definition) is 1. The molecule has 0 aliphatic carbocycles. The Morgan fingerprint density at radius 1 is 1.29 bits per heavy atom. The van der Waals surface area contributed by atoms with Gasteiger partial charge in [0.1, 0.15) is 11.6 Å². The van der Waals surface area contributed by atoms with E-state index in [0.717, 1.165) is 12.1 Å². The van der Waals surface area contributed by atoms with Crippen molar-refractivity contribution < 1.29 is 13.9 Å². The van der Waals surface area contributed by atoms with Crippen molar-refractivity contribution in [3.8, 4) is 0 Å². The van der Waals surface area contributed by atoms with Crippen LogP contribution in [0.4, 0.5) is 8.78 Å². The standard InChI is InChI=1S/C11H14F2O/c1-7(2)11(3,14)9-5-4-8(12)6-10(9)13/h4-7,14H,1-3H3. The van der Waals surface area contributed by atoms with Crippen molar-refractivity contribution in [3.05, 3.63) is 35.4 Å². The first kappa shape index (κ1) is 11.1. The predicted octanol–water partition coefficient (Wildman–Crippen LogP) is 2.83. The zero-order valence-corrected chi connectivity index (χ0v) is 8.51. The minimum absolute atomic E-state index is 0.133. The molecule has 1 N–H and O–H groups in total. The molecule has 78 valence electrons. The molecule has 0 bridgehead atoms.